The standard InChI is InChI=1S/C12H14N4O2S/c1-8(2)7-15-11(13-14-12(15)19)9-5-3-4-6-10(9)16(17)18/h3-6,8H,7H2,1-2H3,(H,14,19). The van der Waals surface area contributed by atoms with Gasteiger partial charge < -0.3 is 0 Å². The molecule has 6 nitrogen and oxygen atoms in total. The number of rotatable bonds is 4. The van der Waals surface area contributed by atoms with Crippen LogP contribution >= 0.6 is 12.2 Å². The minimum Gasteiger partial charge on any atom is -0.300 e. The second-order valence-corrected chi connectivity index (χ2v) is 5.02. The van der Waals surface area contributed by atoms with E-state index in [-0.39, 0.29) is 5.69 Å². The Kier molecular flexibility index (Phi) is 3.75. The highest BCUT2D eigenvalue weighted by molar-refractivity contribution is 7.71. The van der Waals surface area contributed by atoms with E-state index >= 15 is 0 Å². The summed E-state index contributed by atoms with van der Waals surface area (Å²) in [5.74, 6) is 0.872. The van der Waals surface area contributed by atoms with E-state index in [4.69, 9.17) is 12.2 Å². The fourth-order valence-corrected chi connectivity index (χ4v) is 2.09. The molecule has 0 aliphatic carbocycles. The number of aromatic amines is 1. The third-order valence-corrected chi connectivity index (χ3v) is 2.96. The van der Waals surface area contributed by atoms with Gasteiger partial charge in [0.15, 0.2) is 10.6 Å². The second-order valence-electron chi connectivity index (χ2n) is 4.63. The second kappa shape index (κ2) is 5.31. The average molecular weight is 278 g/mol. The van der Waals surface area contributed by atoms with Crippen LogP contribution in [0, 0.1) is 20.8 Å². The molecule has 0 saturated carbocycles. The van der Waals surface area contributed by atoms with Gasteiger partial charge in [-0.3, -0.25) is 19.8 Å². The van der Waals surface area contributed by atoms with Crippen molar-refractivity contribution in [3.05, 3.63) is 39.2 Å². The van der Waals surface area contributed by atoms with Gasteiger partial charge in [-0.15, -0.1) is 0 Å². The van der Waals surface area contributed by atoms with Crippen LogP contribution in [0.5, 0.6) is 0 Å². The van der Waals surface area contributed by atoms with Crippen molar-refractivity contribution in [3.8, 4) is 11.4 Å². The van der Waals surface area contributed by atoms with Crippen LogP contribution in [0.25, 0.3) is 11.4 Å². The maximum Gasteiger partial charge on any atom is 0.280 e. The molecule has 0 bridgehead atoms. The molecular formula is C12H14N4O2S. The molecule has 0 fully saturated rings. The van der Waals surface area contributed by atoms with E-state index in [2.05, 4.69) is 24.0 Å². The smallest absolute Gasteiger partial charge is 0.280 e. The quantitative estimate of drug-likeness (QED) is 0.529. The normalized spacial score (nSPS) is 10.9. The first-order valence-corrected chi connectivity index (χ1v) is 6.30. The van der Waals surface area contributed by atoms with Crippen LogP contribution in [0.15, 0.2) is 24.3 Å². The lowest BCUT2D eigenvalue weighted by atomic mass is 10.1. The molecule has 1 heterocycles. The highest BCUT2D eigenvalue weighted by Crippen LogP contribution is 2.28. The van der Waals surface area contributed by atoms with Gasteiger partial charge in [0.25, 0.3) is 5.69 Å². The lowest BCUT2D eigenvalue weighted by Gasteiger charge is -2.09. The Hall–Kier alpha value is -2.02. The zero-order valence-corrected chi connectivity index (χ0v) is 11.5. The minimum absolute atomic E-state index is 0.0292. The van der Waals surface area contributed by atoms with Crippen LogP contribution < -0.4 is 0 Å². The Labute approximate surface area is 115 Å². The fraction of sp³-hybridized carbons (Fsp3) is 0.333. The van der Waals surface area contributed by atoms with Crippen molar-refractivity contribution in [2.45, 2.75) is 20.4 Å². The maximum absolute atomic E-state index is 11.1. The van der Waals surface area contributed by atoms with E-state index in [0.29, 0.717) is 28.6 Å². The molecule has 1 aromatic carbocycles. The Morgan fingerprint density at radius 1 is 1.47 bits per heavy atom. The Bertz CT molecular complexity index is 660. The van der Waals surface area contributed by atoms with E-state index in [9.17, 15) is 10.1 Å². The van der Waals surface area contributed by atoms with Gasteiger partial charge in [0.05, 0.1) is 10.5 Å². The molecule has 0 aliphatic heterocycles. The first-order chi connectivity index (χ1) is 9.00. The monoisotopic (exact) mass is 278 g/mol. The van der Waals surface area contributed by atoms with Crippen LogP contribution in [0.2, 0.25) is 0 Å². The summed E-state index contributed by atoms with van der Waals surface area (Å²) in [5.41, 5.74) is 0.502. The summed E-state index contributed by atoms with van der Waals surface area (Å²) in [6, 6.07) is 6.53. The van der Waals surface area contributed by atoms with E-state index in [1.165, 1.54) is 6.07 Å². The van der Waals surface area contributed by atoms with Crippen LogP contribution in [0.4, 0.5) is 5.69 Å². The van der Waals surface area contributed by atoms with E-state index in [1.807, 2.05) is 0 Å². The molecule has 1 N–H and O–H groups in total. The SMILES string of the molecule is CC(C)Cn1c(-c2ccccc2[N+](=O)[O-])n[nH]c1=S. The topological polar surface area (TPSA) is 76.8 Å². The van der Waals surface area contributed by atoms with Crippen molar-refractivity contribution < 1.29 is 4.92 Å². The number of nitro groups is 1. The van der Waals surface area contributed by atoms with Gasteiger partial charge in [0, 0.05) is 12.6 Å². The number of nitro benzene ring substituents is 1. The van der Waals surface area contributed by atoms with Crippen molar-refractivity contribution in [3.63, 3.8) is 0 Å². The molecule has 0 spiro atoms. The van der Waals surface area contributed by atoms with Crippen LogP contribution in [0.3, 0.4) is 0 Å². The van der Waals surface area contributed by atoms with Crippen molar-refractivity contribution in [2.75, 3.05) is 0 Å². The molecular weight excluding hydrogens is 264 g/mol. The van der Waals surface area contributed by atoms with E-state index < -0.39 is 4.92 Å². The van der Waals surface area contributed by atoms with Crippen LogP contribution in [-0.4, -0.2) is 19.7 Å². The molecule has 0 radical (unpaired) electrons. The molecule has 0 saturated heterocycles. The first-order valence-electron chi connectivity index (χ1n) is 5.89. The molecule has 0 amide bonds. The fourth-order valence-electron chi connectivity index (χ4n) is 1.88. The maximum atomic E-state index is 11.1. The summed E-state index contributed by atoms with van der Waals surface area (Å²) < 4.78 is 2.27. The zero-order valence-electron chi connectivity index (χ0n) is 10.7. The Balaban J connectivity index is 2.60. The summed E-state index contributed by atoms with van der Waals surface area (Å²) >= 11 is 5.18. The lowest BCUT2D eigenvalue weighted by molar-refractivity contribution is -0.384. The molecule has 1 aromatic heterocycles. The zero-order chi connectivity index (χ0) is 14.0. The van der Waals surface area contributed by atoms with Crippen molar-refractivity contribution in [1.29, 1.82) is 0 Å². The number of para-hydroxylation sites is 1. The highest BCUT2D eigenvalue weighted by Gasteiger charge is 2.19. The Morgan fingerprint density at radius 3 is 2.79 bits per heavy atom. The summed E-state index contributed by atoms with van der Waals surface area (Å²) in [7, 11) is 0. The van der Waals surface area contributed by atoms with Crippen molar-refractivity contribution in [2.24, 2.45) is 5.92 Å². The van der Waals surface area contributed by atoms with Crippen LogP contribution in [0.1, 0.15) is 13.8 Å². The average Bonchev–Trinajstić information content (AvgIpc) is 2.70. The van der Waals surface area contributed by atoms with Gasteiger partial charge in [-0.25, -0.2) is 0 Å². The van der Waals surface area contributed by atoms with Gasteiger partial charge >= 0.3 is 0 Å². The van der Waals surface area contributed by atoms with Gasteiger partial charge in [0.1, 0.15) is 0 Å². The minimum atomic E-state index is -0.410. The number of hydrogen-bond acceptors (Lipinski definition) is 4. The molecule has 2 rings (SSSR count). The largest absolute Gasteiger partial charge is 0.300 e. The molecule has 0 aliphatic rings. The summed E-state index contributed by atoms with van der Waals surface area (Å²) in [6.45, 7) is 4.77. The molecule has 2 aromatic rings. The summed E-state index contributed by atoms with van der Waals surface area (Å²) in [4.78, 5) is 10.7. The van der Waals surface area contributed by atoms with Gasteiger partial charge in [-0.05, 0) is 24.2 Å². The van der Waals surface area contributed by atoms with Crippen molar-refractivity contribution >= 4 is 17.9 Å². The van der Waals surface area contributed by atoms with Gasteiger partial charge in [-0.1, -0.05) is 26.0 Å². The molecule has 0 unspecified atom stereocenters. The first kappa shape index (κ1) is 13.4. The number of nitrogens with one attached hydrogen (secondary N) is 1. The molecule has 7 heteroatoms. The van der Waals surface area contributed by atoms with Crippen molar-refractivity contribution in [1.82, 2.24) is 14.8 Å². The number of nitrogens with zero attached hydrogens (tertiary/aromatic N) is 3. The van der Waals surface area contributed by atoms with Crippen LogP contribution in [-0.2, 0) is 6.54 Å². The summed E-state index contributed by atoms with van der Waals surface area (Å²) in [6.07, 6.45) is 0. The lowest BCUT2D eigenvalue weighted by Crippen LogP contribution is -2.07. The van der Waals surface area contributed by atoms with E-state index in [1.54, 1.807) is 22.8 Å². The van der Waals surface area contributed by atoms with E-state index in [0.717, 1.165) is 0 Å². The molecule has 0 atom stereocenters. The number of hydrogen-bond donors (Lipinski definition) is 1. The number of H-pyrrole nitrogens is 1. The molecule has 19 heavy (non-hydrogen) atoms. The predicted octanol–water partition coefficient (Wildman–Crippen LogP) is 3.17. The third-order valence-electron chi connectivity index (χ3n) is 2.65. The van der Waals surface area contributed by atoms with Gasteiger partial charge in [0.2, 0.25) is 0 Å². The molecule has 100 valence electrons. The summed E-state index contributed by atoms with van der Waals surface area (Å²) in [5, 5.41) is 17.9. The third kappa shape index (κ3) is 2.70. The number of benzene rings is 1. The Morgan fingerprint density at radius 2 is 2.16 bits per heavy atom. The predicted molar refractivity (Wildman–Crippen MR) is 74.3 cm³/mol. The highest BCUT2D eigenvalue weighted by atomic mass is 32.1. The van der Waals surface area contributed by atoms with Gasteiger partial charge in [-0.2, -0.15) is 5.10 Å². The number of aromatic nitrogens is 3.